The Morgan fingerprint density at radius 3 is 2.40 bits per heavy atom. The van der Waals surface area contributed by atoms with Gasteiger partial charge in [-0.05, 0) is 58.4 Å². The third-order valence-corrected chi connectivity index (χ3v) is 8.83. The van der Waals surface area contributed by atoms with Crippen LogP contribution in [0.25, 0.3) is 32.0 Å². The Hall–Kier alpha value is -4.58. The summed E-state index contributed by atoms with van der Waals surface area (Å²) in [6.07, 6.45) is 0.844. The summed E-state index contributed by atoms with van der Waals surface area (Å²) in [5.74, 6) is -1.04. The largest absolute Gasteiger partial charge is 0.471 e. The number of thiazole rings is 1. The van der Waals surface area contributed by atoms with Crippen molar-refractivity contribution in [1.29, 1.82) is 0 Å². The number of para-hydroxylation sites is 3. The zero-order chi connectivity index (χ0) is 31.9. The number of amides is 2. The van der Waals surface area contributed by atoms with E-state index in [-0.39, 0.29) is 31.4 Å². The molecule has 4 atom stereocenters. The molecule has 2 aromatic heterocycles. The molecule has 0 unspecified atom stereocenters. The molecule has 1 saturated carbocycles. The fourth-order valence-electron chi connectivity index (χ4n) is 5.56. The van der Waals surface area contributed by atoms with Gasteiger partial charge in [0.25, 0.3) is 0 Å². The van der Waals surface area contributed by atoms with E-state index in [1.165, 1.54) is 16.2 Å². The average Bonchev–Trinajstić information content (AvgIpc) is 3.31. The number of ether oxygens (including phenoxy) is 3. The molecule has 4 aromatic rings. The van der Waals surface area contributed by atoms with E-state index in [0.29, 0.717) is 28.2 Å². The summed E-state index contributed by atoms with van der Waals surface area (Å²) in [4.78, 5) is 55.9. The van der Waals surface area contributed by atoms with E-state index in [1.54, 1.807) is 33.8 Å². The second-order valence-corrected chi connectivity index (χ2v) is 13.2. The van der Waals surface area contributed by atoms with E-state index in [0.717, 1.165) is 10.2 Å². The lowest BCUT2D eigenvalue weighted by atomic mass is 10.1. The predicted molar refractivity (Wildman–Crippen MR) is 170 cm³/mol. The quantitative estimate of drug-likeness (QED) is 0.204. The average molecular weight is 630 g/mol. The van der Waals surface area contributed by atoms with Crippen LogP contribution in [0.2, 0.25) is 0 Å². The maximum absolute atomic E-state index is 13.8. The van der Waals surface area contributed by atoms with Crippen LogP contribution in [-0.2, 0) is 19.1 Å². The Morgan fingerprint density at radius 1 is 1.07 bits per heavy atom. The van der Waals surface area contributed by atoms with Crippen LogP contribution in [0.3, 0.4) is 0 Å². The van der Waals surface area contributed by atoms with Crippen LogP contribution >= 0.6 is 11.3 Å². The molecule has 3 heterocycles. The summed E-state index contributed by atoms with van der Waals surface area (Å²) >= 11 is 1.48. The maximum atomic E-state index is 13.8. The highest BCUT2D eigenvalue weighted by molar-refractivity contribution is 7.21. The van der Waals surface area contributed by atoms with Gasteiger partial charge in [0.05, 0.1) is 34.4 Å². The number of rotatable bonds is 8. The zero-order valence-electron chi connectivity index (χ0n) is 25.6. The monoisotopic (exact) mass is 629 g/mol. The zero-order valence-corrected chi connectivity index (χ0v) is 26.4. The summed E-state index contributed by atoms with van der Waals surface area (Å²) in [5, 5.41) is 3.52. The molecular weight excluding hydrogens is 594 g/mol. The van der Waals surface area contributed by atoms with Crippen molar-refractivity contribution >= 4 is 50.6 Å². The Balaban J connectivity index is 1.32. The van der Waals surface area contributed by atoms with Gasteiger partial charge >= 0.3 is 12.1 Å². The Bertz CT molecular complexity index is 1770. The van der Waals surface area contributed by atoms with E-state index >= 15 is 0 Å². The highest BCUT2D eigenvalue weighted by atomic mass is 32.1. The standard InChI is InChI=1S/C33H35N5O6S/c1-6-19-17-33(19,30(40)42-7-2)37-27(39)24-16-20(18-38(24)31(41)44-32(3,4)5)43-28-26(34-21-12-8-9-13-22(21)35-28)29-36-23-14-10-11-15-25(23)45-29/h6,8-15,19-20,24H,1,7,16-18H2,2-5H3,(H,37,39)/t19-,20-,24+,33-/m1/s1. The molecule has 45 heavy (non-hydrogen) atoms. The molecule has 11 nitrogen and oxygen atoms in total. The lowest BCUT2D eigenvalue weighted by Crippen LogP contribution is -2.53. The van der Waals surface area contributed by atoms with Gasteiger partial charge in [0.2, 0.25) is 11.8 Å². The highest BCUT2D eigenvalue weighted by Crippen LogP contribution is 2.46. The van der Waals surface area contributed by atoms with E-state index in [9.17, 15) is 14.4 Å². The van der Waals surface area contributed by atoms with Crippen molar-refractivity contribution in [2.75, 3.05) is 13.2 Å². The van der Waals surface area contributed by atoms with Crippen LogP contribution in [-0.4, -0.2) is 74.3 Å². The minimum absolute atomic E-state index is 0.0537. The Morgan fingerprint density at radius 2 is 1.76 bits per heavy atom. The van der Waals surface area contributed by atoms with E-state index < -0.39 is 41.3 Å². The number of benzene rings is 2. The van der Waals surface area contributed by atoms with Crippen LogP contribution in [0.15, 0.2) is 61.2 Å². The van der Waals surface area contributed by atoms with Crippen LogP contribution < -0.4 is 10.1 Å². The van der Waals surface area contributed by atoms with Crippen LogP contribution in [0.1, 0.15) is 40.5 Å². The van der Waals surface area contributed by atoms with Crippen LogP contribution in [0.4, 0.5) is 4.79 Å². The van der Waals surface area contributed by atoms with Gasteiger partial charge < -0.3 is 19.5 Å². The summed E-state index contributed by atoms with van der Waals surface area (Å²) in [6.45, 7) is 11.0. The second kappa shape index (κ2) is 11.7. The molecule has 2 aliphatic rings. The number of aromatic nitrogens is 3. The summed E-state index contributed by atoms with van der Waals surface area (Å²) in [7, 11) is 0. The number of carbonyl (C=O) groups excluding carboxylic acids is 3. The highest BCUT2D eigenvalue weighted by Gasteiger charge is 2.62. The van der Waals surface area contributed by atoms with Gasteiger partial charge in [-0.3, -0.25) is 9.69 Å². The molecule has 1 aliphatic heterocycles. The van der Waals surface area contributed by atoms with Gasteiger partial charge in [0, 0.05) is 12.3 Å². The Labute approximate surface area is 264 Å². The molecule has 0 spiro atoms. The molecule has 2 amide bonds. The fraction of sp³-hybridized carbons (Fsp3) is 0.394. The number of nitrogens with zero attached hydrogens (tertiary/aromatic N) is 4. The number of fused-ring (bicyclic) bond motifs is 2. The van der Waals surface area contributed by atoms with Crippen molar-refractivity contribution in [2.45, 2.75) is 63.8 Å². The number of hydrogen-bond acceptors (Lipinski definition) is 10. The number of nitrogens with one attached hydrogen (secondary N) is 1. The van der Waals surface area contributed by atoms with Gasteiger partial charge in [0.15, 0.2) is 5.69 Å². The number of likely N-dealkylation sites (tertiary alicyclic amines) is 1. The first-order valence-corrected chi connectivity index (χ1v) is 15.7. The molecule has 1 N–H and O–H groups in total. The van der Waals surface area contributed by atoms with Crippen LogP contribution in [0.5, 0.6) is 5.88 Å². The summed E-state index contributed by atoms with van der Waals surface area (Å²) in [6, 6.07) is 14.3. The second-order valence-electron chi connectivity index (χ2n) is 12.2. The van der Waals surface area contributed by atoms with Crippen molar-refractivity contribution in [1.82, 2.24) is 25.2 Å². The first-order chi connectivity index (χ1) is 21.5. The third kappa shape index (κ3) is 6.06. The number of hydrogen-bond donors (Lipinski definition) is 1. The molecular formula is C33H35N5O6S. The molecule has 6 rings (SSSR count). The minimum atomic E-state index is -1.21. The molecule has 234 valence electrons. The summed E-state index contributed by atoms with van der Waals surface area (Å²) < 4.78 is 18.4. The normalized spacial score (nSPS) is 22.7. The first-order valence-electron chi connectivity index (χ1n) is 14.9. The molecule has 0 bridgehead atoms. The lowest BCUT2D eigenvalue weighted by Gasteiger charge is -2.28. The predicted octanol–water partition coefficient (Wildman–Crippen LogP) is 5.29. The molecule has 2 aromatic carbocycles. The fourth-order valence-corrected chi connectivity index (χ4v) is 6.50. The van der Waals surface area contributed by atoms with Gasteiger partial charge in [0.1, 0.15) is 28.3 Å². The van der Waals surface area contributed by atoms with E-state index in [2.05, 4.69) is 11.9 Å². The number of esters is 1. The van der Waals surface area contributed by atoms with Crippen LogP contribution in [0, 0.1) is 5.92 Å². The van der Waals surface area contributed by atoms with Crippen molar-refractivity contribution in [3.63, 3.8) is 0 Å². The van der Waals surface area contributed by atoms with Crippen molar-refractivity contribution < 1.29 is 28.6 Å². The smallest absolute Gasteiger partial charge is 0.411 e. The summed E-state index contributed by atoms with van der Waals surface area (Å²) in [5.41, 5.74) is 0.618. The SMILES string of the molecule is C=C[C@@H]1C[C@]1(NC(=O)[C@@H]1C[C@@H](Oc2nc3ccccc3nc2-c2nc3ccccc3s2)CN1C(=O)OC(C)(C)C)C(=O)OCC. The topological polar surface area (TPSA) is 133 Å². The molecule has 12 heteroatoms. The molecule has 1 aliphatic carbocycles. The minimum Gasteiger partial charge on any atom is -0.471 e. The first kappa shape index (κ1) is 30.4. The van der Waals surface area contributed by atoms with Gasteiger partial charge in [-0.25, -0.2) is 24.5 Å². The van der Waals surface area contributed by atoms with Gasteiger partial charge in [-0.15, -0.1) is 17.9 Å². The Kier molecular flexibility index (Phi) is 7.94. The van der Waals surface area contributed by atoms with Crippen molar-refractivity contribution in [3.8, 4) is 16.6 Å². The maximum Gasteiger partial charge on any atom is 0.411 e. The third-order valence-electron chi connectivity index (χ3n) is 7.79. The number of carbonyl (C=O) groups is 3. The molecule has 0 radical (unpaired) electrons. The van der Waals surface area contributed by atoms with Gasteiger partial charge in [-0.2, -0.15) is 0 Å². The van der Waals surface area contributed by atoms with Gasteiger partial charge in [-0.1, -0.05) is 30.3 Å². The van der Waals surface area contributed by atoms with E-state index in [1.807, 2.05) is 48.5 Å². The molecule has 1 saturated heterocycles. The van der Waals surface area contributed by atoms with Crippen molar-refractivity contribution in [2.24, 2.45) is 5.92 Å². The molecule has 2 fully saturated rings. The van der Waals surface area contributed by atoms with E-state index in [4.69, 9.17) is 29.2 Å². The van der Waals surface area contributed by atoms with Crippen molar-refractivity contribution in [3.05, 3.63) is 61.2 Å². The lowest BCUT2D eigenvalue weighted by molar-refractivity contribution is -0.149.